The van der Waals surface area contributed by atoms with Gasteiger partial charge in [-0.1, -0.05) is 6.07 Å². The molecule has 3 rings (SSSR count). The first-order valence-electron chi connectivity index (χ1n) is 7.48. The van der Waals surface area contributed by atoms with E-state index in [-0.39, 0.29) is 5.78 Å². The van der Waals surface area contributed by atoms with Crippen LogP contribution >= 0.6 is 11.3 Å². The maximum absolute atomic E-state index is 12.1. The molecule has 0 amide bonds. The van der Waals surface area contributed by atoms with Crippen molar-refractivity contribution in [2.75, 3.05) is 37.6 Å². The highest BCUT2D eigenvalue weighted by Crippen LogP contribution is 2.16. The smallest absolute Gasteiger partial charge is 0.186 e. The molecule has 2 aromatic heterocycles. The summed E-state index contributed by atoms with van der Waals surface area (Å²) >= 11 is 1.52. The lowest BCUT2D eigenvalue weighted by molar-refractivity contribution is 0.0930. The molecule has 1 fully saturated rings. The van der Waals surface area contributed by atoms with E-state index in [1.807, 2.05) is 37.4 Å². The van der Waals surface area contributed by atoms with E-state index in [0.29, 0.717) is 6.54 Å². The molecule has 2 aromatic rings. The highest BCUT2D eigenvalue weighted by Gasteiger charge is 2.21. The molecule has 22 heavy (non-hydrogen) atoms. The highest BCUT2D eigenvalue weighted by molar-refractivity contribution is 7.12. The topological polar surface area (TPSA) is 49.3 Å². The standard InChI is InChI=1S/C16H20N4OS/c1-12-10-16(18-13(2)17-12)20-7-5-19(6-8-20)11-14(21)15-4-3-9-22-15/h3-4,9-10H,5-8,11H2,1-2H3. The molecule has 1 aliphatic heterocycles. The maximum atomic E-state index is 12.1. The number of anilines is 1. The third kappa shape index (κ3) is 3.51. The van der Waals surface area contributed by atoms with E-state index in [4.69, 9.17) is 0 Å². The van der Waals surface area contributed by atoms with E-state index in [2.05, 4.69) is 19.8 Å². The molecule has 5 nitrogen and oxygen atoms in total. The second-order valence-corrected chi connectivity index (χ2v) is 6.53. The average Bonchev–Trinajstić information content (AvgIpc) is 3.01. The number of aryl methyl sites for hydroxylation is 2. The number of piperazine rings is 1. The second-order valence-electron chi connectivity index (χ2n) is 5.58. The Balaban J connectivity index is 1.57. The number of hydrogen-bond acceptors (Lipinski definition) is 6. The summed E-state index contributed by atoms with van der Waals surface area (Å²) in [5.74, 6) is 2.02. The Bertz CT molecular complexity index is 628. The van der Waals surface area contributed by atoms with Crippen LogP contribution in [0.5, 0.6) is 0 Å². The fraction of sp³-hybridized carbons (Fsp3) is 0.438. The van der Waals surface area contributed by atoms with Crippen LogP contribution in [0, 0.1) is 13.8 Å². The third-order valence-corrected chi connectivity index (χ3v) is 4.72. The van der Waals surface area contributed by atoms with Crippen LogP contribution in [-0.2, 0) is 0 Å². The molecule has 0 aromatic carbocycles. The SMILES string of the molecule is Cc1cc(N2CCN(CC(=O)c3cccs3)CC2)nc(C)n1. The van der Waals surface area contributed by atoms with Gasteiger partial charge in [-0.3, -0.25) is 9.69 Å². The monoisotopic (exact) mass is 316 g/mol. The summed E-state index contributed by atoms with van der Waals surface area (Å²) in [5, 5.41) is 1.95. The van der Waals surface area contributed by atoms with Gasteiger partial charge in [-0.05, 0) is 25.3 Å². The van der Waals surface area contributed by atoms with Crippen molar-refractivity contribution in [3.63, 3.8) is 0 Å². The van der Waals surface area contributed by atoms with Gasteiger partial charge in [-0.15, -0.1) is 11.3 Å². The largest absolute Gasteiger partial charge is 0.354 e. The Morgan fingerprint density at radius 2 is 2.00 bits per heavy atom. The molecule has 0 saturated carbocycles. The van der Waals surface area contributed by atoms with Gasteiger partial charge in [0.2, 0.25) is 0 Å². The van der Waals surface area contributed by atoms with Gasteiger partial charge < -0.3 is 4.90 Å². The Hall–Kier alpha value is -1.79. The van der Waals surface area contributed by atoms with Crippen molar-refractivity contribution in [1.29, 1.82) is 0 Å². The Labute approximate surface area is 134 Å². The molecule has 0 radical (unpaired) electrons. The van der Waals surface area contributed by atoms with Crippen molar-refractivity contribution in [3.8, 4) is 0 Å². The van der Waals surface area contributed by atoms with Crippen molar-refractivity contribution in [1.82, 2.24) is 14.9 Å². The maximum Gasteiger partial charge on any atom is 0.186 e. The third-order valence-electron chi connectivity index (χ3n) is 3.81. The minimum atomic E-state index is 0.220. The average molecular weight is 316 g/mol. The molecule has 0 unspecified atom stereocenters. The molecule has 6 heteroatoms. The van der Waals surface area contributed by atoms with Gasteiger partial charge in [-0.25, -0.2) is 9.97 Å². The van der Waals surface area contributed by atoms with Gasteiger partial charge >= 0.3 is 0 Å². The van der Waals surface area contributed by atoms with Crippen molar-refractivity contribution in [2.24, 2.45) is 0 Å². The molecular formula is C16H20N4OS. The number of aromatic nitrogens is 2. The minimum absolute atomic E-state index is 0.220. The van der Waals surface area contributed by atoms with E-state index in [9.17, 15) is 4.79 Å². The van der Waals surface area contributed by atoms with Gasteiger partial charge in [-0.2, -0.15) is 0 Å². The lowest BCUT2D eigenvalue weighted by atomic mass is 10.2. The van der Waals surface area contributed by atoms with Crippen molar-refractivity contribution in [2.45, 2.75) is 13.8 Å². The number of Topliss-reactive ketones (excluding diaryl/α,β-unsaturated/α-hetero) is 1. The number of thiophene rings is 1. The minimum Gasteiger partial charge on any atom is -0.354 e. The van der Waals surface area contributed by atoms with E-state index in [1.165, 1.54) is 11.3 Å². The first-order chi connectivity index (χ1) is 10.6. The zero-order chi connectivity index (χ0) is 15.5. The molecule has 0 aliphatic carbocycles. The van der Waals surface area contributed by atoms with Crippen LogP contribution < -0.4 is 4.90 Å². The van der Waals surface area contributed by atoms with Gasteiger partial charge in [0.1, 0.15) is 11.6 Å². The predicted octanol–water partition coefficient (Wildman–Crippen LogP) is 2.16. The summed E-state index contributed by atoms with van der Waals surface area (Å²) in [6.07, 6.45) is 0. The van der Waals surface area contributed by atoms with Crippen molar-refractivity contribution < 1.29 is 4.79 Å². The quantitative estimate of drug-likeness (QED) is 0.809. The number of carbonyl (C=O) groups is 1. The first kappa shape index (κ1) is 15.1. The molecule has 0 N–H and O–H groups in total. The first-order valence-corrected chi connectivity index (χ1v) is 8.36. The molecule has 116 valence electrons. The Morgan fingerprint density at radius 3 is 2.64 bits per heavy atom. The lowest BCUT2D eigenvalue weighted by Crippen LogP contribution is -2.48. The summed E-state index contributed by atoms with van der Waals surface area (Å²) in [6.45, 7) is 8.00. The highest BCUT2D eigenvalue weighted by atomic mass is 32.1. The van der Waals surface area contributed by atoms with Crippen LogP contribution in [0.25, 0.3) is 0 Å². The summed E-state index contributed by atoms with van der Waals surface area (Å²) < 4.78 is 0. The molecule has 0 atom stereocenters. The van der Waals surface area contributed by atoms with Crippen LogP contribution in [0.1, 0.15) is 21.2 Å². The summed E-state index contributed by atoms with van der Waals surface area (Å²) in [5.41, 5.74) is 0.998. The zero-order valence-corrected chi connectivity index (χ0v) is 13.8. The molecular weight excluding hydrogens is 296 g/mol. The van der Waals surface area contributed by atoms with Crippen LogP contribution in [0.3, 0.4) is 0 Å². The molecule has 1 aliphatic rings. The van der Waals surface area contributed by atoms with E-state index in [1.54, 1.807) is 0 Å². The van der Waals surface area contributed by atoms with Gasteiger partial charge in [0, 0.05) is 37.9 Å². The molecule has 0 spiro atoms. The van der Waals surface area contributed by atoms with Gasteiger partial charge in [0.15, 0.2) is 5.78 Å². The van der Waals surface area contributed by atoms with Gasteiger partial charge in [0.25, 0.3) is 0 Å². The summed E-state index contributed by atoms with van der Waals surface area (Å²) in [7, 11) is 0. The summed E-state index contributed by atoms with van der Waals surface area (Å²) in [4.78, 5) is 26.3. The second kappa shape index (κ2) is 6.54. The molecule has 1 saturated heterocycles. The van der Waals surface area contributed by atoms with E-state index >= 15 is 0 Å². The van der Waals surface area contributed by atoms with Crippen LogP contribution in [0.4, 0.5) is 5.82 Å². The fourth-order valence-electron chi connectivity index (χ4n) is 2.71. The van der Waals surface area contributed by atoms with Crippen molar-refractivity contribution >= 4 is 22.9 Å². The van der Waals surface area contributed by atoms with E-state index in [0.717, 1.165) is 48.4 Å². The Morgan fingerprint density at radius 1 is 1.23 bits per heavy atom. The van der Waals surface area contributed by atoms with Crippen LogP contribution in [0.2, 0.25) is 0 Å². The fourth-order valence-corrected chi connectivity index (χ4v) is 3.37. The number of carbonyl (C=O) groups excluding carboxylic acids is 1. The lowest BCUT2D eigenvalue weighted by Gasteiger charge is -2.35. The number of nitrogens with zero attached hydrogens (tertiary/aromatic N) is 4. The molecule has 0 bridgehead atoms. The molecule has 3 heterocycles. The van der Waals surface area contributed by atoms with Crippen LogP contribution in [0.15, 0.2) is 23.6 Å². The number of rotatable bonds is 4. The number of hydrogen-bond donors (Lipinski definition) is 0. The van der Waals surface area contributed by atoms with E-state index < -0.39 is 0 Å². The predicted molar refractivity (Wildman–Crippen MR) is 88.8 cm³/mol. The number of ketones is 1. The van der Waals surface area contributed by atoms with Crippen LogP contribution in [-0.4, -0.2) is 53.4 Å². The summed E-state index contributed by atoms with van der Waals surface area (Å²) in [6, 6.07) is 5.85. The Kier molecular flexibility index (Phi) is 4.49. The van der Waals surface area contributed by atoms with Gasteiger partial charge in [0.05, 0.1) is 11.4 Å². The van der Waals surface area contributed by atoms with Crippen molar-refractivity contribution in [3.05, 3.63) is 40.0 Å². The normalized spacial score (nSPS) is 16.0. The zero-order valence-electron chi connectivity index (χ0n) is 13.0.